The summed E-state index contributed by atoms with van der Waals surface area (Å²) in [4.78, 5) is 0. The Morgan fingerprint density at radius 3 is 2.81 bits per heavy atom. The fourth-order valence-electron chi connectivity index (χ4n) is 6.74. The summed E-state index contributed by atoms with van der Waals surface area (Å²) in [5, 5.41) is 9.91. The number of aliphatic hydroxyl groups excluding tert-OH is 1. The second-order valence-corrected chi connectivity index (χ2v) is 8.43. The molecule has 0 bridgehead atoms. The molecule has 0 amide bonds. The van der Waals surface area contributed by atoms with Crippen LogP contribution >= 0.6 is 0 Å². The van der Waals surface area contributed by atoms with Crippen molar-refractivity contribution in [3.8, 4) is 0 Å². The molecule has 1 nitrogen and oxygen atoms in total. The Labute approximate surface area is 129 Å². The minimum atomic E-state index is -0.154. The summed E-state index contributed by atoms with van der Waals surface area (Å²) in [5.41, 5.74) is 2.15. The van der Waals surface area contributed by atoms with Crippen LogP contribution in [0.25, 0.3) is 0 Å². The molecule has 0 spiro atoms. The van der Waals surface area contributed by atoms with E-state index in [4.69, 9.17) is 0 Å². The van der Waals surface area contributed by atoms with Crippen LogP contribution in [0.5, 0.6) is 0 Å². The van der Waals surface area contributed by atoms with E-state index in [1.165, 1.54) is 44.9 Å². The van der Waals surface area contributed by atoms with Crippen molar-refractivity contribution in [1.29, 1.82) is 0 Å². The van der Waals surface area contributed by atoms with E-state index in [0.29, 0.717) is 5.41 Å². The van der Waals surface area contributed by atoms with Crippen molar-refractivity contribution in [2.45, 2.75) is 64.4 Å². The largest absolute Gasteiger partial charge is 0.389 e. The van der Waals surface area contributed by atoms with Gasteiger partial charge in [0, 0.05) is 0 Å². The van der Waals surface area contributed by atoms with Gasteiger partial charge in [-0.3, -0.25) is 0 Å². The van der Waals surface area contributed by atoms with Crippen LogP contribution in [0.2, 0.25) is 0 Å². The van der Waals surface area contributed by atoms with E-state index in [9.17, 15) is 5.11 Å². The number of hydrogen-bond donors (Lipinski definition) is 1. The molecule has 0 saturated heterocycles. The number of aliphatic hydroxyl groups is 1. The first-order valence-electron chi connectivity index (χ1n) is 9.14. The van der Waals surface area contributed by atoms with E-state index in [0.717, 1.165) is 36.0 Å². The topological polar surface area (TPSA) is 20.2 Å². The average molecular weight is 286 g/mol. The maximum absolute atomic E-state index is 9.91. The molecule has 7 unspecified atom stereocenters. The molecule has 4 aliphatic rings. The number of hydrogen-bond acceptors (Lipinski definition) is 1. The molecule has 0 aromatic heterocycles. The molecule has 0 aromatic rings. The number of allylic oxidation sites excluding steroid dienone is 2. The fraction of sp³-hybridized carbons (Fsp3) is 0.800. The van der Waals surface area contributed by atoms with Crippen molar-refractivity contribution in [1.82, 2.24) is 0 Å². The minimum absolute atomic E-state index is 0.154. The zero-order valence-corrected chi connectivity index (χ0v) is 13.4. The van der Waals surface area contributed by atoms with Gasteiger partial charge in [-0.25, -0.2) is 0 Å². The van der Waals surface area contributed by atoms with Crippen molar-refractivity contribution >= 4 is 0 Å². The van der Waals surface area contributed by atoms with E-state index >= 15 is 0 Å². The number of rotatable bonds is 1. The Morgan fingerprint density at radius 1 is 1.14 bits per heavy atom. The Morgan fingerprint density at radius 2 is 2.00 bits per heavy atom. The summed E-state index contributed by atoms with van der Waals surface area (Å²) < 4.78 is 0. The summed E-state index contributed by atoms with van der Waals surface area (Å²) in [6.45, 7) is 6.68. The van der Waals surface area contributed by atoms with Crippen LogP contribution in [0.4, 0.5) is 0 Å². The third kappa shape index (κ3) is 2.00. The standard InChI is InChI=1S/C20H30O/c1-3-14-5-9-19-18-7-4-13-12-15(21)6-8-16(13)17(18)10-11-20(14,19)2/h3,12,14-19,21H,1,4-11H2,2H3. The van der Waals surface area contributed by atoms with Crippen LogP contribution in [0.1, 0.15) is 58.3 Å². The van der Waals surface area contributed by atoms with Gasteiger partial charge in [0.15, 0.2) is 0 Å². The van der Waals surface area contributed by atoms with Gasteiger partial charge in [-0.2, -0.15) is 0 Å². The van der Waals surface area contributed by atoms with E-state index in [2.05, 4.69) is 25.7 Å². The molecule has 0 heterocycles. The summed E-state index contributed by atoms with van der Waals surface area (Å²) in [5.74, 6) is 4.37. The quantitative estimate of drug-likeness (QED) is 0.691. The van der Waals surface area contributed by atoms with Gasteiger partial charge in [-0.15, -0.1) is 6.58 Å². The van der Waals surface area contributed by atoms with Crippen LogP contribution in [0.3, 0.4) is 0 Å². The Balaban J connectivity index is 1.61. The van der Waals surface area contributed by atoms with Crippen molar-refractivity contribution in [3.63, 3.8) is 0 Å². The van der Waals surface area contributed by atoms with Gasteiger partial charge < -0.3 is 5.11 Å². The van der Waals surface area contributed by atoms with Crippen molar-refractivity contribution < 1.29 is 5.11 Å². The lowest BCUT2D eigenvalue weighted by Crippen LogP contribution is -2.46. The summed E-state index contributed by atoms with van der Waals surface area (Å²) in [6, 6.07) is 0. The first kappa shape index (κ1) is 14.1. The van der Waals surface area contributed by atoms with Gasteiger partial charge in [0.2, 0.25) is 0 Å². The lowest BCUT2D eigenvalue weighted by Gasteiger charge is -2.54. The number of fused-ring (bicyclic) bond motifs is 5. The minimum Gasteiger partial charge on any atom is -0.389 e. The molecule has 0 aromatic carbocycles. The van der Waals surface area contributed by atoms with Gasteiger partial charge in [0.25, 0.3) is 0 Å². The Kier molecular flexibility index (Phi) is 3.33. The Bertz CT molecular complexity index is 464. The van der Waals surface area contributed by atoms with E-state index in [1.807, 2.05) is 0 Å². The van der Waals surface area contributed by atoms with Gasteiger partial charge >= 0.3 is 0 Å². The molecule has 4 aliphatic carbocycles. The molecule has 0 aliphatic heterocycles. The SMILES string of the molecule is C=CC1CCC2C3CCC4=CC(O)CCC4C3CCC12C. The molecule has 1 heteroatoms. The second kappa shape index (κ2) is 4.98. The molecular formula is C20H30O. The summed E-state index contributed by atoms with van der Waals surface area (Å²) in [7, 11) is 0. The van der Waals surface area contributed by atoms with Gasteiger partial charge in [-0.05, 0) is 86.4 Å². The van der Waals surface area contributed by atoms with E-state index in [1.54, 1.807) is 5.57 Å². The zero-order valence-electron chi connectivity index (χ0n) is 13.4. The first-order chi connectivity index (χ1) is 10.1. The third-order valence-electron chi connectivity index (χ3n) is 7.79. The Hall–Kier alpha value is -0.560. The molecule has 21 heavy (non-hydrogen) atoms. The van der Waals surface area contributed by atoms with E-state index < -0.39 is 0 Å². The molecule has 3 saturated carbocycles. The second-order valence-electron chi connectivity index (χ2n) is 8.43. The maximum atomic E-state index is 9.91. The molecule has 4 rings (SSSR count). The predicted octanol–water partition coefficient (Wildman–Crippen LogP) is 4.72. The average Bonchev–Trinajstić information content (AvgIpc) is 2.83. The van der Waals surface area contributed by atoms with Crippen LogP contribution in [-0.2, 0) is 0 Å². The third-order valence-corrected chi connectivity index (χ3v) is 7.79. The molecular weight excluding hydrogens is 256 g/mol. The van der Waals surface area contributed by atoms with Crippen LogP contribution in [0, 0.1) is 35.0 Å². The zero-order chi connectivity index (χ0) is 14.6. The molecule has 116 valence electrons. The van der Waals surface area contributed by atoms with Crippen molar-refractivity contribution in [3.05, 3.63) is 24.3 Å². The molecule has 1 N–H and O–H groups in total. The maximum Gasteiger partial charge on any atom is 0.0723 e. The van der Waals surface area contributed by atoms with Gasteiger partial charge in [-0.1, -0.05) is 24.6 Å². The van der Waals surface area contributed by atoms with Crippen molar-refractivity contribution in [2.24, 2.45) is 35.0 Å². The summed E-state index contributed by atoms with van der Waals surface area (Å²) in [6.07, 6.45) is 14.8. The normalized spacial score (nSPS) is 52.4. The highest BCUT2D eigenvalue weighted by molar-refractivity contribution is 5.20. The van der Waals surface area contributed by atoms with Gasteiger partial charge in [0.1, 0.15) is 0 Å². The van der Waals surface area contributed by atoms with E-state index in [-0.39, 0.29) is 6.10 Å². The predicted molar refractivity (Wildman–Crippen MR) is 86.8 cm³/mol. The smallest absolute Gasteiger partial charge is 0.0723 e. The van der Waals surface area contributed by atoms with Crippen molar-refractivity contribution in [2.75, 3.05) is 0 Å². The summed E-state index contributed by atoms with van der Waals surface area (Å²) >= 11 is 0. The lowest BCUT2D eigenvalue weighted by atomic mass is 9.51. The molecule has 7 atom stereocenters. The molecule has 3 fully saturated rings. The molecule has 0 radical (unpaired) electrons. The van der Waals surface area contributed by atoms with Crippen LogP contribution in [-0.4, -0.2) is 11.2 Å². The first-order valence-corrected chi connectivity index (χ1v) is 9.14. The lowest BCUT2D eigenvalue weighted by molar-refractivity contribution is -0.0167. The fourth-order valence-corrected chi connectivity index (χ4v) is 6.74. The highest BCUT2D eigenvalue weighted by Gasteiger charge is 2.55. The van der Waals surface area contributed by atoms with Gasteiger partial charge in [0.05, 0.1) is 6.10 Å². The van der Waals surface area contributed by atoms with Crippen LogP contribution < -0.4 is 0 Å². The highest BCUT2D eigenvalue weighted by Crippen LogP contribution is 2.63. The van der Waals surface area contributed by atoms with Crippen LogP contribution in [0.15, 0.2) is 24.3 Å². The monoisotopic (exact) mass is 286 g/mol. The highest BCUT2D eigenvalue weighted by atomic mass is 16.3.